The van der Waals surface area contributed by atoms with E-state index < -0.39 is 5.97 Å². The number of carboxylic acids is 1. The summed E-state index contributed by atoms with van der Waals surface area (Å²) in [7, 11) is 0. The summed E-state index contributed by atoms with van der Waals surface area (Å²) < 4.78 is 0. The molecule has 20 heavy (non-hydrogen) atoms. The highest BCUT2D eigenvalue weighted by Crippen LogP contribution is 2.29. The van der Waals surface area contributed by atoms with Crippen molar-refractivity contribution in [1.29, 1.82) is 0 Å². The van der Waals surface area contributed by atoms with Crippen LogP contribution in [0.1, 0.15) is 43.2 Å². The number of carbonyl (C=O) groups is 1. The number of rotatable bonds is 2. The van der Waals surface area contributed by atoms with Crippen LogP contribution in [-0.4, -0.2) is 16.1 Å². The fourth-order valence-electron chi connectivity index (χ4n) is 2.29. The van der Waals surface area contributed by atoms with Gasteiger partial charge in [-0.25, -0.2) is 0 Å². The van der Waals surface area contributed by atoms with Gasteiger partial charge >= 0.3 is 5.97 Å². The Labute approximate surface area is 119 Å². The highest BCUT2D eigenvalue weighted by Gasteiger charge is 2.19. The molecule has 3 heteroatoms. The van der Waals surface area contributed by atoms with Crippen molar-refractivity contribution in [3.8, 4) is 0 Å². The van der Waals surface area contributed by atoms with E-state index in [2.05, 4.69) is 27.7 Å². The average molecular weight is 271 g/mol. The van der Waals surface area contributed by atoms with Gasteiger partial charge in [0.15, 0.2) is 0 Å². The van der Waals surface area contributed by atoms with E-state index in [0.29, 0.717) is 0 Å². The molecule has 0 radical (unpaired) electrons. The van der Waals surface area contributed by atoms with Gasteiger partial charge in [0, 0.05) is 16.5 Å². The van der Waals surface area contributed by atoms with E-state index in [4.69, 9.17) is 10.1 Å². The summed E-state index contributed by atoms with van der Waals surface area (Å²) >= 11 is 0. The van der Waals surface area contributed by atoms with Gasteiger partial charge in [-0.15, -0.1) is 0 Å². The molecule has 0 spiro atoms. The highest BCUT2D eigenvalue weighted by molar-refractivity contribution is 5.89. The maximum atomic E-state index is 11.1. The van der Waals surface area contributed by atoms with Gasteiger partial charge in [-0.05, 0) is 36.6 Å². The summed E-state index contributed by atoms with van der Waals surface area (Å²) in [6, 6.07) is 5.95. The molecule has 1 heterocycles. The second-order valence-electron chi connectivity index (χ2n) is 6.39. The van der Waals surface area contributed by atoms with Gasteiger partial charge in [0.1, 0.15) is 0 Å². The van der Waals surface area contributed by atoms with Gasteiger partial charge in [-0.1, -0.05) is 32.9 Å². The maximum Gasteiger partial charge on any atom is 0.307 e. The van der Waals surface area contributed by atoms with Crippen molar-refractivity contribution in [1.82, 2.24) is 4.98 Å². The first-order chi connectivity index (χ1) is 9.20. The molecule has 0 aliphatic carbocycles. The van der Waals surface area contributed by atoms with Crippen molar-refractivity contribution >= 4 is 16.9 Å². The van der Waals surface area contributed by atoms with E-state index in [1.54, 1.807) is 0 Å². The van der Waals surface area contributed by atoms with Gasteiger partial charge in [0.2, 0.25) is 0 Å². The fourth-order valence-corrected chi connectivity index (χ4v) is 2.29. The number of hydrogen-bond acceptors (Lipinski definition) is 2. The normalized spacial score (nSPS) is 11.8. The molecule has 0 amide bonds. The Balaban J connectivity index is 2.81. The van der Waals surface area contributed by atoms with E-state index in [-0.39, 0.29) is 11.8 Å². The topological polar surface area (TPSA) is 50.2 Å². The number of fused-ring (bicyclic) bond motifs is 1. The van der Waals surface area contributed by atoms with Crippen LogP contribution in [0.5, 0.6) is 0 Å². The second kappa shape index (κ2) is 4.89. The van der Waals surface area contributed by atoms with Gasteiger partial charge in [0.05, 0.1) is 11.9 Å². The van der Waals surface area contributed by atoms with Crippen molar-refractivity contribution in [2.45, 2.75) is 46.5 Å². The minimum Gasteiger partial charge on any atom is -0.481 e. The maximum absolute atomic E-state index is 11.1. The molecule has 1 N–H and O–H groups in total. The van der Waals surface area contributed by atoms with E-state index >= 15 is 0 Å². The van der Waals surface area contributed by atoms with Crippen LogP contribution in [0.3, 0.4) is 0 Å². The van der Waals surface area contributed by atoms with Gasteiger partial charge in [-0.2, -0.15) is 0 Å². The molecule has 0 aliphatic heterocycles. The number of hydrogen-bond donors (Lipinski definition) is 1. The Bertz CT molecular complexity index is 681. The molecule has 0 fully saturated rings. The molecule has 0 saturated heterocycles. The molecule has 3 nitrogen and oxygen atoms in total. The molecule has 106 valence electrons. The van der Waals surface area contributed by atoms with Crippen LogP contribution in [0.4, 0.5) is 0 Å². The fraction of sp³-hybridized carbons (Fsp3) is 0.412. The third-order valence-electron chi connectivity index (χ3n) is 3.70. The zero-order valence-electron chi connectivity index (χ0n) is 12.7. The Morgan fingerprint density at radius 1 is 1.25 bits per heavy atom. The van der Waals surface area contributed by atoms with Crippen LogP contribution in [-0.2, 0) is 16.6 Å². The van der Waals surface area contributed by atoms with Crippen LogP contribution in [0.2, 0.25) is 0 Å². The molecule has 0 atom stereocenters. The Morgan fingerprint density at radius 3 is 2.45 bits per heavy atom. The first-order valence-electron chi connectivity index (χ1n) is 6.82. The minimum atomic E-state index is -0.810. The van der Waals surface area contributed by atoms with Crippen molar-refractivity contribution < 1.29 is 9.90 Å². The lowest BCUT2D eigenvalue weighted by molar-refractivity contribution is -0.136. The number of aryl methyl sites for hydroxylation is 2. The summed E-state index contributed by atoms with van der Waals surface area (Å²) in [5, 5.41) is 10.1. The van der Waals surface area contributed by atoms with E-state index in [1.807, 2.05) is 25.1 Å². The second-order valence-corrected chi connectivity index (χ2v) is 6.39. The largest absolute Gasteiger partial charge is 0.481 e. The highest BCUT2D eigenvalue weighted by atomic mass is 16.4. The first kappa shape index (κ1) is 14.5. The molecule has 2 aromatic rings. The number of nitrogens with zero attached hydrogens (tertiary/aromatic N) is 1. The first-order valence-corrected chi connectivity index (χ1v) is 6.82. The number of carboxylic acid groups (broad SMARTS) is 1. The van der Waals surface area contributed by atoms with Crippen molar-refractivity contribution in [3.05, 3.63) is 40.6 Å². The monoisotopic (exact) mass is 271 g/mol. The predicted octanol–water partition coefficient (Wildman–Crippen LogP) is 3.78. The summed E-state index contributed by atoms with van der Waals surface area (Å²) in [5.74, 6) is -0.810. The quantitative estimate of drug-likeness (QED) is 0.904. The van der Waals surface area contributed by atoms with Crippen molar-refractivity contribution in [2.75, 3.05) is 0 Å². The number of benzene rings is 1. The van der Waals surface area contributed by atoms with Crippen LogP contribution in [0.25, 0.3) is 10.9 Å². The van der Waals surface area contributed by atoms with Crippen LogP contribution in [0, 0.1) is 13.8 Å². The van der Waals surface area contributed by atoms with Crippen LogP contribution >= 0.6 is 0 Å². The molecule has 0 aliphatic rings. The van der Waals surface area contributed by atoms with E-state index in [0.717, 1.165) is 27.7 Å². The molecule has 1 aromatic heterocycles. The zero-order valence-corrected chi connectivity index (χ0v) is 12.7. The smallest absolute Gasteiger partial charge is 0.307 e. The summed E-state index contributed by atoms with van der Waals surface area (Å²) in [6.07, 6.45) is 0.0323. The summed E-state index contributed by atoms with van der Waals surface area (Å²) in [6.45, 7) is 10.4. The standard InChI is InChI=1S/C17H21NO2/c1-10-6-7-13-12(9-15(19)20)8-14(17(3,4)5)18-16(13)11(10)2/h6-8H,9H2,1-5H3,(H,19,20). The molecule has 2 rings (SSSR count). The average Bonchev–Trinajstić information content (AvgIpc) is 2.32. The lowest BCUT2D eigenvalue weighted by atomic mass is 9.88. The molecule has 1 aromatic carbocycles. The van der Waals surface area contributed by atoms with Gasteiger partial charge in [-0.3, -0.25) is 9.78 Å². The number of aliphatic carboxylic acids is 1. The molecule has 0 bridgehead atoms. The van der Waals surface area contributed by atoms with Crippen LogP contribution in [0.15, 0.2) is 18.2 Å². The molecular formula is C17H21NO2. The minimum absolute atomic E-state index is 0.0323. The number of aromatic nitrogens is 1. The lowest BCUT2D eigenvalue weighted by Crippen LogP contribution is -2.15. The van der Waals surface area contributed by atoms with Crippen molar-refractivity contribution in [2.24, 2.45) is 0 Å². The molecular weight excluding hydrogens is 250 g/mol. The zero-order chi connectivity index (χ0) is 15.1. The number of pyridine rings is 1. The Morgan fingerprint density at radius 2 is 1.90 bits per heavy atom. The molecule has 0 unspecified atom stereocenters. The van der Waals surface area contributed by atoms with E-state index in [9.17, 15) is 4.79 Å². The Hall–Kier alpha value is -1.90. The van der Waals surface area contributed by atoms with Gasteiger partial charge in [0.25, 0.3) is 0 Å². The van der Waals surface area contributed by atoms with E-state index in [1.165, 1.54) is 5.56 Å². The third-order valence-corrected chi connectivity index (χ3v) is 3.70. The third kappa shape index (κ3) is 2.67. The SMILES string of the molecule is Cc1ccc2c(CC(=O)O)cc(C(C)(C)C)nc2c1C. The van der Waals surface area contributed by atoms with Crippen LogP contribution < -0.4 is 0 Å². The predicted molar refractivity (Wildman–Crippen MR) is 81.3 cm³/mol. The summed E-state index contributed by atoms with van der Waals surface area (Å²) in [4.78, 5) is 15.9. The summed E-state index contributed by atoms with van der Waals surface area (Å²) in [5.41, 5.74) is 4.91. The lowest BCUT2D eigenvalue weighted by Gasteiger charge is -2.20. The molecule has 0 saturated carbocycles. The Kier molecular flexibility index (Phi) is 3.55. The van der Waals surface area contributed by atoms with Gasteiger partial charge < -0.3 is 5.11 Å². The van der Waals surface area contributed by atoms with Crippen molar-refractivity contribution in [3.63, 3.8) is 0 Å².